The average Bonchev–Trinajstić information content (AvgIpc) is 3.22. The molecule has 1 aliphatic heterocycles. The Kier molecular flexibility index (Phi) is 4.29. The molecule has 1 saturated heterocycles. The SMILES string of the molecule is C[C@@H]1C[C@@H](C)CN(c2ccc(NC(=S)NC3CC3)cn2)C1. The third kappa shape index (κ3) is 4.06. The van der Waals surface area contributed by atoms with Gasteiger partial charge in [0.25, 0.3) is 0 Å². The van der Waals surface area contributed by atoms with Gasteiger partial charge >= 0.3 is 0 Å². The van der Waals surface area contributed by atoms with E-state index in [1.165, 1.54) is 19.3 Å². The number of aromatic nitrogens is 1. The molecule has 1 aliphatic carbocycles. The number of nitrogens with one attached hydrogen (secondary N) is 2. The van der Waals surface area contributed by atoms with Gasteiger partial charge in [0.15, 0.2) is 5.11 Å². The fourth-order valence-electron chi connectivity index (χ4n) is 3.08. The molecule has 0 radical (unpaired) electrons. The Bertz CT molecular complexity index is 488. The monoisotopic (exact) mass is 304 g/mol. The van der Waals surface area contributed by atoms with Crippen molar-refractivity contribution in [3.8, 4) is 0 Å². The minimum absolute atomic E-state index is 0.577. The summed E-state index contributed by atoms with van der Waals surface area (Å²) in [5, 5.41) is 7.18. The number of thiocarbonyl (C=S) groups is 1. The van der Waals surface area contributed by atoms with Crippen LogP contribution in [0.3, 0.4) is 0 Å². The lowest BCUT2D eigenvalue weighted by Crippen LogP contribution is -2.39. The van der Waals surface area contributed by atoms with Gasteiger partial charge in [-0.3, -0.25) is 0 Å². The molecule has 0 amide bonds. The minimum atomic E-state index is 0.577. The van der Waals surface area contributed by atoms with Crippen molar-refractivity contribution in [3.63, 3.8) is 0 Å². The summed E-state index contributed by atoms with van der Waals surface area (Å²) in [5.74, 6) is 2.55. The van der Waals surface area contributed by atoms with Crippen molar-refractivity contribution in [2.24, 2.45) is 11.8 Å². The quantitative estimate of drug-likeness (QED) is 0.840. The van der Waals surface area contributed by atoms with Crippen LogP contribution < -0.4 is 15.5 Å². The van der Waals surface area contributed by atoms with E-state index in [2.05, 4.69) is 46.5 Å². The molecule has 5 heteroatoms. The Morgan fingerprint density at radius 2 is 1.95 bits per heavy atom. The third-order valence-corrected chi connectivity index (χ3v) is 4.33. The lowest BCUT2D eigenvalue weighted by molar-refractivity contribution is 0.355. The molecule has 0 bridgehead atoms. The lowest BCUT2D eigenvalue weighted by Gasteiger charge is -2.35. The molecule has 0 aromatic carbocycles. The number of pyridine rings is 1. The molecular weight excluding hydrogens is 280 g/mol. The molecule has 4 nitrogen and oxygen atoms in total. The standard InChI is InChI=1S/C16H24N4S/c1-11-7-12(2)10-20(9-11)15-6-5-14(8-17-15)19-16(21)18-13-3-4-13/h5-6,8,11-13H,3-4,7,9-10H2,1-2H3,(H2,18,19,21)/t11-,12-/m1/s1. The molecule has 1 aromatic rings. The van der Waals surface area contributed by atoms with E-state index in [9.17, 15) is 0 Å². The largest absolute Gasteiger partial charge is 0.360 e. The zero-order valence-corrected chi connectivity index (χ0v) is 13.6. The molecule has 3 rings (SSSR count). The molecule has 0 spiro atoms. The molecule has 1 saturated carbocycles. The van der Waals surface area contributed by atoms with E-state index in [4.69, 9.17) is 12.2 Å². The Morgan fingerprint density at radius 3 is 2.52 bits per heavy atom. The van der Waals surface area contributed by atoms with Crippen LogP contribution in [0, 0.1) is 11.8 Å². The van der Waals surface area contributed by atoms with Crippen LogP contribution in [0.5, 0.6) is 0 Å². The van der Waals surface area contributed by atoms with Crippen LogP contribution in [0.15, 0.2) is 18.3 Å². The van der Waals surface area contributed by atoms with E-state index in [-0.39, 0.29) is 0 Å². The van der Waals surface area contributed by atoms with Gasteiger partial charge in [-0.25, -0.2) is 4.98 Å². The minimum Gasteiger partial charge on any atom is -0.360 e. The second-order valence-electron chi connectivity index (χ2n) is 6.63. The van der Waals surface area contributed by atoms with Gasteiger partial charge in [0.05, 0.1) is 11.9 Å². The first-order chi connectivity index (χ1) is 10.1. The Balaban J connectivity index is 1.59. The summed E-state index contributed by atoms with van der Waals surface area (Å²) in [5.41, 5.74) is 0.954. The van der Waals surface area contributed by atoms with Gasteiger partial charge in [-0.05, 0) is 55.4 Å². The van der Waals surface area contributed by atoms with E-state index in [0.717, 1.165) is 36.4 Å². The first-order valence-corrected chi connectivity index (χ1v) is 8.29. The maximum absolute atomic E-state index is 5.28. The van der Waals surface area contributed by atoms with E-state index >= 15 is 0 Å². The third-order valence-electron chi connectivity index (χ3n) is 4.11. The Hall–Kier alpha value is -1.36. The summed E-state index contributed by atoms with van der Waals surface area (Å²) in [6.45, 7) is 6.85. The highest BCUT2D eigenvalue weighted by atomic mass is 32.1. The summed E-state index contributed by atoms with van der Waals surface area (Å²) in [4.78, 5) is 6.99. The van der Waals surface area contributed by atoms with Crippen LogP contribution in [-0.2, 0) is 0 Å². The molecule has 114 valence electrons. The van der Waals surface area contributed by atoms with Gasteiger partial charge in [0.2, 0.25) is 0 Å². The zero-order valence-electron chi connectivity index (χ0n) is 12.8. The lowest BCUT2D eigenvalue weighted by atomic mass is 9.92. The van der Waals surface area contributed by atoms with Crippen molar-refractivity contribution in [3.05, 3.63) is 18.3 Å². The van der Waals surface area contributed by atoms with Crippen molar-refractivity contribution in [1.82, 2.24) is 10.3 Å². The van der Waals surface area contributed by atoms with Crippen molar-refractivity contribution in [2.75, 3.05) is 23.3 Å². The number of nitrogens with zero attached hydrogens (tertiary/aromatic N) is 2. The Morgan fingerprint density at radius 1 is 1.24 bits per heavy atom. The topological polar surface area (TPSA) is 40.2 Å². The van der Waals surface area contributed by atoms with Gasteiger partial charge < -0.3 is 15.5 Å². The molecular formula is C16H24N4S. The van der Waals surface area contributed by atoms with Crippen molar-refractivity contribution >= 4 is 28.8 Å². The number of anilines is 2. The van der Waals surface area contributed by atoms with E-state index in [1.54, 1.807) is 0 Å². The first kappa shape index (κ1) is 14.6. The summed E-state index contributed by atoms with van der Waals surface area (Å²) < 4.78 is 0. The predicted octanol–water partition coefficient (Wildman–Crippen LogP) is 3.01. The number of piperidine rings is 1. The summed E-state index contributed by atoms with van der Waals surface area (Å²) >= 11 is 5.28. The first-order valence-electron chi connectivity index (χ1n) is 7.88. The van der Waals surface area contributed by atoms with Crippen molar-refractivity contribution in [1.29, 1.82) is 0 Å². The molecule has 1 aromatic heterocycles. The zero-order chi connectivity index (χ0) is 14.8. The normalized spacial score (nSPS) is 25.5. The second kappa shape index (κ2) is 6.18. The summed E-state index contributed by atoms with van der Waals surface area (Å²) in [6.07, 6.45) is 5.64. The highest BCUT2D eigenvalue weighted by Crippen LogP contribution is 2.25. The number of rotatable bonds is 3. The van der Waals surface area contributed by atoms with Crippen LogP contribution in [0.2, 0.25) is 0 Å². The molecule has 0 unspecified atom stereocenters. The van der Waals surface area contributed by atoms with Crippen LogP contribution >= 0.6 is 12.2 Å². The van der Waals surface area contributed by atoms with Crippen LogP contribution in [0.4, 0.5) is 11.5 Å². The highest BCUT2D eigenvalue weighted by molar-refractivity contribution is 7.80. The summed E-state index contributed by atoms with van der Waals surface area (Å²) in [6, 6.07) is 4.73. The van der Waals surface area contributed by atoms with Gasteiger partial charge in [-0.1, -0.05) is 13.8 Å². The molecule has 2 aliphatic rings. The smallest absolute Gasteiger partial charge is 0.171 e. The van der Waals surface area contributed by atoms with Gasteiger partial charge in [0.1, 0.15) is 5.82 Å². The molecule has 2 heterocycles. The van der Waals surface area contributed by atoms with Crippen molar-refractivity contribution in [2.45, 2.75) is 39.2 Å². The highest BCUT2D eigenvalue weighted by Gasteiger charge is 2.23. The predicted molar refractivity (Wildman–Crippen MR) is 91.8 cm³/mol. The maximum Gasteiger partial charge on any atom is 0.171 e. The maximum atomic E-state index is 5.28. The van der Waals surface area contributed by atoms with Crippen molar-refractivity contribution < 1.29 is 0 Å². The van der Waals surface area contributed by atoms with Gasteiger partial charge in [-0.2, -0.15) is 0 Å². The average molecular weight is 304 g/mol. The second-order valence-corrected chi connectivity index (χ2v) is 7.04. The number of hydrogen-bond donors (Lipinski definition) is 2. The Labute approximate surface area is 132 Å². The van der Waals surface area contributed by atoms with Gasteiger partial charge in [-0.15, -0.1) is 0 Å². The molecule has 21 heavy (non-hydrogen) atoms. The van der Waals surface area contributed by atoms with Gasteiger partial charge in [0, 0.05) is 19.1 Å². The molecule has 2 N–H and O–H groups in total. The fourth-order valence-corrected chi connectivity index (χ4v) is 3.36. The van der Waals surface area contributed by atoms with Crippen LogP contribution in [-0.4, -0.2) is 29.2 Å². The molecule has 2 atom stereocenters. The number of hydrogen-bond acceptors (Lipinski definition) is 3. The summed E-state index contributed by atoms with van der Waals surface area (Å²) in [7, 11) is 0. The van der Waals surface area contributed by atoms with E-state index in [1.807, 2.05) is 6.20 Å². The molecule has 2 fully saturated rings. The van der Waals surface area contributed by atoms with Crippen LogP contribution in [0.1, 0.15) is 33.1 Å². The fraction of sp³-hybridized carbons (Fsp3) is 0.625. The van der Waals surface area contributed by atoms with E-state index < -0.39 is 0 Å². The van der Waals surface area contributed by atoms with Crippen LogP contribution in [0.25, 0.3) is 0 Å². The van der Waals surface area contributed by atoms with E-state index in [0.29, 0.717) is 11.2 Å².